The van der Waals surface area contributed by atoms with Gasteiger partial charge in [-0.3, -0.25) is 4.79 Å². The van der Waals surface area contributed by atoms with Crippen LogP contribution in [-0.2, 0) is 16.6 Å². The maximum absolute atomic E-state index is 12.9. The third-order valence-corrected chi connectivity index (χ3v) is 8.83. The Labute approximate surface area is 184 Å². The highest BCUT2D eigenvalue weighted by Crippen LogP contribution is 2.56. The minimum atomic E-state index is 0.0346. The molecule has 1 aliphatic heterocycles. The Kier molecular flexibility index (Phi) is 4.43. The van der Waals surface area contributed by atoms with Gasteiger partial charge < -0.3 is 15.3 Å². The number of hydrogen-bond acceptors (Lipinski definition) is 3. The number of amides is 1. The summed E-state index contributed by atoms with van der Waals surface area (Å²) in [5.74, 6) is 1.50. The van der Waals surface area contributed by atoms with Gasteiger partial charge in [0.05, 0.1) is 0 Å². The monoisotopic (exact) mass is 416 g/mol. The molecule has 31 heavy (non-hydrogen) atoms. The Hall–Kier alpha value is -2.33. The molecule has 1 amide bonds. The van der Waals surface area contributed by atoms with Crippen LogP contribution in [0.5, 0.6) is 5.75 Å². The molecule has 1 saturated heterocycles. The molecular formula is C27H32N2O2. The number of hydrogen-bond donors (Lipinski definition) is 2. The number of piperidine rings is 1. The first-order valence-corrected chi connectivity index (χ1v) is 12.0. The molecule has 2 aromatic rings. The number of aromatic hydroxyl groups is 1. The summed E-state index contributed by atoms with van der Waals surface area (Å²) in [7, 11) is 2.30. The fourth-order valence-corrected chi connectivity index (χ4v) is 7.11. The first kappa shape index (κ1) is 19.4. The standard InChI is InChI=1S/C27H32N2O2/c1-29-13-12-27-11-3-2-4-24(27)25(29)15-18-14-19(7-10-23(18)27)28-26(31)22-16-21(22)17-5-8-20(30)9-6-17/h5-10,14,21-22,24-25,30H,2-4,11-13,15-16H2,1H3,(H,28,31)/t21?,22-,24-,25+,27-/m0/s1. The molecule has 2 bridgehead atoms. The van der Waals surface area contributed by atoms with Gasteiger partial charge in [-0.05, 0) is 98.5 Å². The van der Waals surface area contributed by atoms with Crippen molar-refractivity contribution in [3.8, 4) is 5.75 Å². The Balaban J connectivity index is 1.22. The summed E-state index contributed by atoms with van der Waals surface area (Å²) in [6, 6.07) is 14.7. The topological polar surface area (TPSA) is 52.6 Å². The van der Waals surface area contributed by atoms with Crippen LogP contribution < -0.4 is 5.32 Å². The van der Waals surface area contributed by atoms with Crippen molar-refractivity contribution in [1.29, 1.82) is 0 Å². The van der Waals surface area contributed by atoms with Gasteiger partial charge in [0, 0.05) is 23.1 Å². The predicted octanol–water partition coefficient (Wildman–Crippen LogP) is 4.82. The van der Waals surface area contributed by atoms with Crippen LogP contribution in [0.1, 0.15) is 61.1 Å². The van der Waals surface area contributed by atoms with E-state index in [2.05, 4.69) is 35.5 Å². The summed E-state index contributed by atoms with van der Waals surface area (Å²) >= 11 is 0. The number of likely N-dealkylation sites (N-methyl/N-ethyl adjacent to an activating group) is 1. The second-order valence-corrected chi connectivity index (χ2v) is 10.4. The van der Waals surface area contributed by atoms with Crippen molar-refractivity contribution in [3.63, 3.8) is 0 Å². The zero-order valence-corrected chi connectivity index (χ0v) is 18.3. The van der Waals surface area contributed by atoms with Gasteiger partial charge in [0.1, 0.15) is 5.75 Å². The van der Waals surface area contributed by atoms with Gasteiger partial charge in [0.15, 0.2) is 0 Å². The molecule has 1 heterocycles. The number of carbonyl (C=O) groups is 1. The molecule has 2 N–H and O–H groups in total. The Bertz CT molecular complexity index is 1020. The average Bonchev–Trinajstić information content (AvgIpc) is 3.58. The van der Waals surface area contributed by atoms with Crippen LogP contribution in [0.3, 0.4) is 0 Å². The fourth-order valence-electron chi connectivity index (χ4n) is 7.11. The van der Waals surface area contributed by atoms with E-state index in [4.69, 9.17) is 0 Å². The van der Waals surface area contributed by atoms with Crippen LogP contribution in [0.15, 0.2) is 42.5 Å². The summed E-state index contributed by atoms with van der Waals surface area (Å²) in [6.45, 7) is 1.21. The molecule has 3 aliphatic carbocycles. The number of carbonyl (C=O) groups excluding carboxylic acids is 1. The number of nitrogens with one attached hydrogen (secondary N) is 1. The molecular weight excluding hydrogens is 384 g/mol. The summed E-state index contributed by atoms with van der Waals surface area (Å²) < 4.78 is 0. The molecule has 1 unspecified atom stereocenters. The van der Waals surface area contributed by atoms with Gasteiger partial charge >= 0.3 is 0 Å². The molecule has 162 valence electrons. The van der Waals surface area contributed by atoms with Crippen molar-refractivity contribution in [2.75, 3.05) is 18.9 Å². The van der Waals surface area contributed by atoms with Crippen LogP contribution in [0.4, 0.5) is 5.69 Å². The third kappa shape index (κ3) is 3.10. The minimum absolute atomic E-state index is 0.0346. The predicted molar refractivity (Wildman–Crippen MR) is 122 cm³/mol. The van der Waals surface area contributed by atoms with Gasteiger partial charge in [0.2, 0.25) is 5.91 Å². The Morgan fingerprint density at radius 3 is 2.81 bits per heavy atom. The van der Waals surface area contributed by atoms with Gasteiger partial charge in [-0.15, -0.1) is 0 Å². The van der Waals surface area contributed by atoms with E-state index in [1.807, 2.05) is 12.1 Å². The van der Waals surface area contributed by atoms with Crippen molar-refractivity contribution in [2.24, 2.45) is 11.8 Å². The fraction of sp³-hybridized carbons (Fsp3) is 0.519. The highest BCUT2D eigenvalue weighted by atomic mass is 16.3. The van der Waals surface area contributed by atoms with E-state index in [-0.39, 0.29) is 23.5 Å². The Morgan fingerprint density at radius 2 is 1.97 bits per heavy atom. The number of anilines is 1. The van der Waals surface area contributed by atoms with Crippen molar-refractivity contribution in [3.05, 3.63) is 59.2 Å². The summed E-state index contributed by atoms with van der Waals surface area (Å²) in [4.78, 5) is 15.5. The average molecular weight is 417 g/mol. The van der Waals surface area contributed by atoms with Crippen LogP contribution in [0.2, 0.25) is 0 Å². The van der Waals surface area contributed by atoms with Gasteiger partial charge in [0.25, 0.3) is 0 Å². The number of phenolic OH excluding ortho intramolecular Hbond substituents is 1. The minimum Gasteiger partial charge on any atom is -0.508 e. The van der Waals surface area contributed by atoms with Crippen LogP contribution in [-0.4, -0.2) is 35.5 Å². The number of nitrogens with zero attached hydrogens (tertiary/aromatic N) is 1. The molecule has 0 radical (unpaired) electrons. The first-order valence-electron chi connectivity index (χ1n) is 12.0. The number of fused-ring (bicyclic) bond motifs is 1. The van der Waals surface area contributed by atoms with E-state index >= 15 is 0 Å². The summed E-state index contributed by atoms with van der Waals surface area (Å²) in [5, 5.41) is 12.7. The summed E-state index contributed by atoms with van der Waals surface area (Å²) in [5.41, 5.74) is 5.49. The quantitative estimate of drug-likeness (QED) is 0.754. The van der Waals surface area contributed by atoms with E-state index in [0.29, 0.717) is 11.5 Å². The van der Waals surface area contributed by atoms with E-state index in [1.54, 1.807) is 17.7 Å². The third-order valence-electron chi connectivity index (χ3n) is 8.83. The largest absolute Gasteiger partial charge is 0.508 e. The molecule has 4 nitrogen and oxygen atoms in total. The molecule has 6 rings (SSSR count). The van der Waals surface area contributed by atoms with E-state index in [0.717, 1.165) is 30.0 Å². The molecule has 0 aromatic heterocycles. The second-order valence-electron chi connectivity index (χ2n) is 10.4. The lowest BCUT2D eigenvalue weighted by atomic mass is 9.52. The zero-order chi connectivity index (χ0) is 21.2. The molecule has 2 aromatic carbocycles. The number of benzene rings is 2. The molecule has 4 aliphatic rings. The lowest BCUT2D eigenvalue weighted by molar-refractivity contribution is -0.117. The smallest absolute Gasteiger partial charge is 0.228 e. The number of rotatable bonds is 3. The second kappa shape index (κ2) is 7.09. The van der Waals surface area contributed by atoms with Crippen LogP contribution >= 0.6 is 0 Å². The van der Waals surface area contributed by atoms with Crippen molar-refractivity contribution < 1.29 is 9.90 Å². The summed E-state index contributed by atoms with van der Waals surface area (Å²) in [6.07, 6.45) is 8.71. The lowest BCUT2D eigenvalue weighted by Gasteiger charge is -2.58. The normalized spacial score (nSPS) is 33.8. The SMILES string of the molecule is CN1CC[C@]23CCCC[C@H]2[C@H]1Cc1cc(NC(=O)[C@H]2CC2c2ccc(O)cc2)ccc13. The van der Waals surface area contributed by atoms with E-state index < -0.39 is 0 Å². The van der Waals surface area contributed by atoms with Crippen LogP contribution in [0.25, 0.3) is 0 Å². The van der Waals surface area contributed by atoms with Gasteiger partial charge in [-0.1, -0.05) is 31.0 Å². The van der Waals surface area contributed by atoms with Crippen LogP contribution in [0, 0.1) is 11.8 Å². The van der Waals surface area contributed by atoms with Crippen molar-refractivity contribution in [2.45, 2.75) is 62.3 Å². The lowest BCUT2D eigenvalue weighted by Crippen LogP contribution is -2.59. The van der Waals surface area contributed by atoms with Gasteiger partial charge in [-0.2, -0.15) is 0 Å². The maximum Gasteiger partial charge on any atom is 0.228 e. The number of phenols is 1. The van der Waals surface area contributed by atoms with Crippen molar-refractivity contribution >= 4 is 11.6 Å². The van der Waals surface area contributed by atoms with Crippen molar-refractivity contribution in [1.82, 2.24) is 4.90 Å². The Morgan fingerprint density at radius 1 is 1.13 bits per heavy atom. The molecule has 0 spiro atoms. The molecule has 5 atom stereocenters. The molecule has 2 saturated carbocycles. The highest BCUT2D eigenvalue weighted by Gasteiger charge is 2.53. The van der Waals surface area contributed by atoms with Gasteiger partial charge in [-0.25, -0.2) is 0 Å². The molecule has 4 heteroatoms. The van der Waals surface area contributed by atoms with E-state index in [9.17, 15) is 9.90 Å². The highest BCUT2D eigenvalue weighted by molar-refractivity contribution is 5.95. The molecule has 3 fully saturated rings. The maximum atomic E-state index is 12.9. The van der Waals surface area contributed by atoms with E-state index in [1.165, 1.54) is 44.2 Å². The first-order chi connectivity index (χ1) is 15.0. The number of likely N-dealkylation sites (tertiary alicyclic amines) is 1. The zero-order valence-electron chi connectivity index (χ0n) is 18.3.